The molecule has 5 rings (SSSR count). The molecule has 1 aliphatic rings. The number of phenolic OH excluding ortho intramolecular Hbond substituents is 1. The standard InChI is InChI=1S/C29H27FN2O4/c1-17-27(18(2)36-31-17)20-5-11-23(12-6-20)32-28(21-7-13-24(33)14-8-21)25(29(32)35)15-16-26(34)19-3-9-22(30)10-4-19/h3-14,25-26,28,33-34H,15-16H2,1-2H3/t25-,26+,28-/m1/s1. The number of halogens is 1. The average Bonchev–Trinajstić information content (AvgIpc) is 3.21. The highest BCUT2D eigenvalue weighted by atomic mass is 19.1. The lowest BCUT2D eigenvalue weighted by atomic mass is 9.78. The van der Waals surface area contributed by atoms with E-state index in [4.69, 9.17) is 4.52 Å². The first-order chi connectivity index (χ1) is 17.3. The number of aromatic nitrogens is 1. The Balaban J connectivity index is 1.38. The molecule has 184 valence electrons. The molecule has 1 amide bonds. The van der Waals surface area contributed by atoms with Crippen LogP contribution in [0.25, 0.3) is 11.1 Å². The minimum absolute atomic E-state index is 0.0236. The van der Waals surface area contributed by atoms with Crippen LogP contribution in [0.2, 0.25) is 0 Å². The number of aromatic hydroxyl groups is 1. The van der Waals surface area contributed by atoms with E-state index in [1.807, 2.05) is 50.2 Å². The Hall–Kier alpha value is -3.97. The molecule has 1 fully saturated rings. The molecule has 0 bridgehead atoms. The van der Waals surface area contributed by atoms with Gasteiger partial charge in [0.2, 0.25) is 5.91 Å². The van der Waals surface area contributed by atoms with Gasteiger partial charge < -0.3 is 19.6 Å². The summed E-state index contributed by atoms with van der Waals surface area (Å²) in [6.07, 6.45) is 0.0497. The fourth-order valence-corrected chi connectivity index (χ4v) is 5.04. The fraction of sp³-hybridized carbons (Fsp3) is 0.241. The van der Waals surface area contributed by atoms with Gasteiger partial charge in [0.1, 0.15) is 17.3 Å². The zero-order valence-corrected chi connectivity index (χ0v) is 20.1. The predicted molar refractivity (Wildman–Crippen MR) is 134 cm³/mol. The number of aliphatic hydroxyl groups excluding tert-OH is 1. The summed E-state index contributed by atoms with van der Waals surface area (Å²) in [6.45, 7) is 3.76. The highest BCUT2D eigenvalue weighted by molar-refractivity contribution is 6.03. The number of β-lactam (4-membered cyclic amide) rings is 1. The van der Waals surface area contributed by atoms with E-state index >= 15 is 0 Å². The normalized spacial score (nSPS) is 18.2. The van der Waals surface area contributed by atoms with Gasteiger partial charge in [-0.05, 0) is 79.8 Å². The summed E-state index contributed by atoms with van der Waals surface area (Å²) < 4.78 is 18.5. The van der Waals surface area contributed by atoms with Crippen LogP contribution < -0.4 is 4.90 Å². The van der Waals surface area contributed by atoms with Gasteiger partial charge in [0.25, 0.3) is 0 Å². The summed E-state index contributed by atoms with van der Waals surface area (Å²) in [5.41, 5.74) is 5.01. The van der Waals surface area contributed by atoms with Crippen LogP contribution >= 0.6 is 0 Å². The van der Waals surface area contributed by atoms with E-state index in [-0.39, 0.29) is 29.4 Å². The molecule has 0 saturated carbocycles. The first-order valence-electron chi connectivity index (χ1n) is 11.9. The molecule has 2 heterocycles. The minimum atomic E-state index is -0.790. The molecule has 1 saturated heterocycles. The summed E-state index contributed by atoms with van der Waals surface area (Å²) in [6, 6.07) is 20.1. The van der Waals surface area contributed by atoms with Crippen LogP contribution in [-0.2, 0) is 4.79 Å². The number of aliphatic hydroxyl groups is 1. The summed E-state index contributed by atoms with van der Waals surface area (Å²) in [4.78, 5) is 15.1. The van der Waals surface area contributed by atoms with Gasteiger partial charge in [0, 0.05) is 11.3 Å². The number of carbonyl (C=O) groups excluding carboxylic acids is 1. The molecule has 0 unspecified atom stereocenters. The largest absolute Gasteiger partial charge is 0.508 e. The van der Waals surface area contributed by atoms with Gasteiger partial charge >= 0.3 is 0 Å². The Morgan fingerprint density at radius 1 is 1.00 bits per heavy atom. The molecule has 1 aromatic heterocycles. The lowest BCUT2D eigenvalue weighted by Crippen LogP contribution is -2.55. The number of rotatable bonds is 7. The van der Waals surface area contributed by atoms with E-state index < -0.39 is 6.10 Å². The first kappa shape index (κ1) is 23.8. The molecule has 3 aromatic carbocycles. The van der Waals surface area contributed by atoms with Crippen molar-refractivity contribution in [1.29, 1.82) is 0 Å². The minimum Gasteiger partial charge on any atom is -0.508 e. The lowest BCUT2D eigenvalue weighted by Gasteiger charge is -2.48. The van der Waals surface area contributed by atoms with Crippen molar-refractivity contribution in [3.05, 3.63) is 101 Å². The van der Waals surface area contributed by atoms with Gasteiger partial charge in [-0.25, -0.2) is 4.39 Å². The summed E-state index contributed by atoms with van der Waals surface area (Å²) in [5, 5.41) is 24.4. The quantitative estimate of drug-likeness (QED) is 0.312. The Kier molecular flexibility index (Phi) is 6.33. The van der Waals surface area contributed by atoms with Crippen LogP contribution in [-0.4, -0.2) is 21.3 Å². The molecular weight excluding hydrogens is 459 g/mol. The maximum Gasteiger partial charge on any atom is 0.233 e. The molecule has 2 N–H and O–H groups in total. The zero-order valence-electron chi connectivity index (χ0n) is 20.1. The number of nitrogens with zero attached hydrogens (tertiary/aromatic N) is 2. The molecule has 3 atom stereocenters. The van der Waals surface area contributed by atoms with Crippen molar-refractivity contribution >= 4 is 11.6 Å². The van der Waals surface area contributed by atoms with Crippen molar-refractivity contribution in [2.75, 3.05) is 4.90 Å². The Morgan fingerprint density at radius 3 is 2.28 bits per heavy atom. The van der Waals surface area contributed by atoms with Crippen molar-refractivity contribution in [2.45, 2.75) is 38.8 Å². The van der Waals surface area contributed by atoms with Crippen LogP contribution in [0, 0.1) is 25.6 Å². The van der Waals surface area contributed by atoms with Gasteiger partial charge in [-0.3, -0.25) is 4.79 Å². The van der Waals surface area contributed by atoms with Gasteiger partial charge in [0.05, 0.1) is 23.8 Å². The number of hydrogen-bond acceptors (Lipinski definition) is 5. The lowest BCUT2D eigenvalue weighted by molar-refractivity contribution is -0.131. The summed E-state index contributed by atoms with van der Waals surface area (Å²) in [7, 11) is 0. The second-order valence-corrected chi connectivity index (χ2v) is 9.24. The fourth-order valence-electron chi connectivity index (χ4n) is 5.04. The van der Waals surface area contributed by atoms with Crippen molar-refractivity contribution in [3.8, 4) is 16.9 Å². The molecule has 7 heteroatoms. The van der Waals surface area contributed by atoms with E-state index in [9.17, 15) is 19.4 Å². The van der Waals surface area contributed by atoms with E-state index in [0.29, 0.717) is 18.4 Å². The number of hydrogen-bond donors (Lipinski definition) is 2. The SMILES string of the molecule is Cc1noc(C)c1-c1ccc(N2C(=O)[C@H](CC[C@H](O)c3ccc(F)cc3)[C@H]2c2ccc(O)cc2)cc1. The Labute approximate surface area is 208 Å². The van der Waals surface area contributed by atoms with Crippen molar-refractivity contribution in [1.82, 2.24) is 5.16 Å². The van der Waals surface area contributed by atoms with Gasteiger partial charge in [-0.2, -0.15) is 0 Å². The highest BCUT2D eigenvalue weighted by Crippen LogP contribution is 2.47. The predicted octanol–water partition coefficient (Wildman–Crippen LogP) is 6.02. The van der Waals surface area contributed by atoms with Gasteiger partial charge in [-0.1, -0.05) is 41.6 Å². The molecule has 36 heavy (non-hydrogen) atoms. The number of anilines is 1. The van der Waals surface area contributed by atoms with Crippen molar-refractivity contribution in [2.24, 2.45) is 5.92 Å². The number of benzene rings is 3. The van der Waals surface area contributed by atoms with Crippen LogP contribution in [0.15, 0.2) is 77.3 Å². The summed E-state index contributed by atoms with van der Waals surface area (Å²) in [5.74, 6) is 0.185. The van der Waals surface area contributed by atoms with E-state index in [2.05, 4.69) is 5.16 Å². The van der Waals surface area contributed by atoms with E-state index in [1.54, 1.807) is 29.2 Å². The van der Waals surface area contributed by atoms with Crippen molar-refractivity contribution in [3.63, 3.8) is 0 Å². The van der Waals surface area contributed by atoms with E-state index in [0.717, 1.165) is 33.8 Å². The van der Waals surface area contributed by atoms with Crippen LogP contribution in [0.1, 0.15) is 47.6 Å². The summed E-state index contributed by atoms with van der Waals surface area (Å²) >= 11 is 0. The topological polar surface area (TPSA) is 86.8 Å². The molecule has 0 spiro atoms. The third-order valence-corrected chi connectivity index (χ3v) is 6.92. The molecule has 0 aliphatic carbocycles. The van der Waals surface area contributed by atoms with Crippen LogP contribution in [0.3, 0.4) is 0 Å². The number of amides is 1. The van der Waals surface area contributed by atoms with Crippen molar-refractivity contribution < 1.29 is 23.9 Å². The monoisotopic (exact) mass is 486 g/mol. The molecule has 1 aliphatic heterocycles. The smallest absolute Gasteiger partial charge is 0.233 e. The third kappa shape index (κ3) is 4.38. The van der Waals surface area contributed by atoms with Gasteiger partial charge in [-0.15, -0.1) is 0 Å². The van der Waals surface area contributed by atoms with E-state index in [1.165, 1.54) is 12.1 Å². The Bertz CT molecular complexity index is 1340. The van der Waals surface area contributed by atoms with Gasteiger partial charge in [0.15, 0.2) is 0 Å². The Morgan fingerprint density at radius 2 is 1.67 bits per heavy atom. The second kappa shape index (κ2) is 9.59. The average molecular weight is 487 g/mol. The maximum absolute atomic E-state index is 13.3. The first-order valence-corrected chi connectivity index (χ1v) is 11.9. The highest BCUT2D eigenvalue weighted by Gasteiger charge is 2.48. The third-order valence-electron chi connectivity index (χ3n) is 6.92. The zero-order chi connectivity index (χ0) is 25.4. The second-order valence-electron chi connectivity index (χ2n) is 9.24. The van der Waals surface area contributed by atoms with Crippen LogP contribution in [0.5, 0.6) is 5.75 Å². The molecular formula is C29H27FN2O4. The molecule has 4 aromatic rings. The number of aryl methyl sites for hydroxylation is 2. The molecule has 6 nitrogen and oxygen atoms in total. The molecule has 0 radical (unpaired) electrons. The maximum atomic E-state index is 13.3. The number of carbonyl (C=O) groups is 1. The van der Waals surface area contributed by atoms with Crippen LogP contribution in [0.4, 0.5) is 10.1 Å². The number of phenols is 1.